The number of anilines is 1. The number of hydrogen-bond acceptors (Lipinski definition) is 5. The van der Waals surface area contributed by atoms with E-state index in [1.165, 1.54) is 24.3 Å². The Labute approximate surface area is 180 Å². The maximum Gasteiger partial charge on any atom is 0.573 e. The lowest BCUT2D eigenvalue weighted by Gasteiger charge is -2.20. The fourth-order valence-electron chi connectivity index (χ4n) is 2.91. The van der Waals surface area contributed by atoms with Gasteiger partial charge in [-0.2, -0.15) is 0 Å². The molecule has 1 aliphatic carbocycles. The summed E-state index contributed by atoms with van der Waals surface area (Å²) < 4.78 is 40.8. The van der Waals surface area contributed by atoms with Crippen LogP contribution >= 0.6 is 0 Å². The third-order valence-corrected chi connectivity index (χ3v) is 4.44. The van der Waals surface area contributed by atoms with Crippen LogP contribution in [0.1, 0.15) is 13.8 Å². The molecule has 9 heteroatoms. The summed E-state index contributed by atoms with van der Waals surface area (Å²) in [7, 11) is 3.57. The second-order valence-electron chi connectivity index (χ2n) is 6.86. The second-order valence-corrected chi connectivity index (χ2v) is 6.86. The Kier molecular flexibility index (Phi) is 8.44. The molecule has 0 saturated carbocycles. The van der Waals surface area contributed by atoms with Crippen molar-refractivity contribution in [2.45, 2.75) is 20.2 Å². The number of amides is 1. The first-order valence-corrected chi connectivity index (χ1v) is 9.83. The molecule has 0 spiro atoms. The van der Waals surface area contributed by atoms with Gasteiger partial charge in [-0.15, -0.1) is 13.2 Å². The van der Waals surface area contributed by atoms with Crippen LogP contribution < -0.4 is 15.4 Å². The Morgan fingerprint density at radius 3 is 2.45 bits per heavy atom. The zero-order valence-electron chi connectivity index (χ0n) is 18.0. The van der Waals surface area contributed by atoms with Crippen LogP contribution in [0.3, 0.4) is 0 Å². The Morgan fingerprint density at radius 1 is 1.19 bits per heavy atom. The van der Waals surface area contributed by atoms with E-state index in [0.717, 1.165) is 11.3 Å². The van der Waals surface area contributed by atoms with E-state index in [-0.39, 0.29) is 11.7 Å². The van der Waals surface area contributed by atoms with Crippen molar-refractivity contribution in [2.24, 2.45) is 4.99 Å². The molecular weight excluding hydrogens is 409 g/mol. The number of aliphatic imine (C=N–C) groups is 1. The monoisotopic (exact) mass is 436 g/mol. The average Bonchev–Trinajstić information content (AvgIpc) is 2.72. The quantitative estimate of drug-likeness (QED) is 0.649. The van der Waals surface area contributed by atoms with Crippen LogP contribution in [0.4, 0.5) is 18.9 Å². The summed E-state index contributed by atoms with van der Waals surface area (Å²) in [6.07, 6.45) is 0.584. The standard InChI is InChI=1S/C22H27F3N4O2/c1-5-27-20-14-16(21(30)29(4)13-12-26-3)6-11-19(20)15(2)28-17-7-9-18(10-8-17)31-22(23,24)25/h6-11,14,26,28H,5,12-13H2,1-4H3/b19-15+,27-20-. The number of rotatable bonds is 8. The maximum atomic E-state index is 12.7. The summed E-state index contributed by atoms with van der Waals surface area (Å²) in [6.45, 7) is 5.55. The van der Waals surface area contributed by atoms with Crippen molar-refractivity contribution in [3.05, 3.63) is 59.3 Å². The molecule has 0 heterocycles. The Hall–Kier alpha value is -3.07. The van der Waals surface area contributed by atoms with E-state index < -0.39 is 6.36 Å². The van der Waals surface area contributed by atoms with Crippen molar-refractivity contribution in [3.8, 4) is 5.75 Å². The minimum Gasteiger partial charge on any atom is -0.406 e. The molecule has 1 aromatic rings. The summed E-state index contributed by atoms with van der Waals surface area (Å²) in [5, 5.41) is 6.17. The van der Waals surface area contributed by atoms with Gasteiger partial charge in [0.05, 0.1) is 5.71 Å². The summed E-state index contributed by atoms with van der Waals surface area (Å²) in [4.78, 5) is 18.8. The largest absolute Gasteiger partial charge is 0.573 e. The van der Waals surface area contributed by atoms with Gasteiger partial charge in [-0.3, -0.25) is 9.79 Å². The minimum absolute atomic E-state index is 0.0970. The predicted octanol–water partition coefficient (Wildman–Crippen LogP) is 3.91. The second kappa shape index (κ2) is 10.8. The molecule has 0 saturated heterocycles. The SMILES string of the molecule is CC/N=C1/C=C(C(=O)N(C)CCNC)C=C/C1=C(/C)Nc1ccc(OC(F)(F)F)cc1. The van der Waals surface area contributed by atoms with E-state index >= 15 is 0 Å². The third kappa shape index (κ3) is 7.29. The molecule has 1 amide bonds. The van der Waals surface area contributed by atoms with Gasteiger partial charge in [-0.05, 0) is 57.3 Å². The lowest BCUT2D eigenvalue weighted by Crippen LogP contribution is -2.34. The normalized spacial score (nSPS) is 16.7. The van der Waals surface area contributed by atoms with Crippen LogP contribution in [-0.4, -0.2) is 56.6 Å². The van der Waals surface area contributed by atoms with Crippen LogP contribution in [0.25, 0.3) is 0 Å². The maximum absolute atomic E-state index is 12.7. The van der Waals surface area contributed by atoms with Gasteiger partial charge in [0.15, 0.2) is 0 Å². The van der Waals surface area contributed by atoms with E-state index in [0.29, 0.717) is 36.6 Å². The van der Waals surface area contributed by atoms with Gasteiger partial charge < -0.3 is 20.3 Å². The summed E-state index contributed by atoms with van der Waals surface area (Å²) >= 11 is 0. The average molecular weight is 436 g/mol. The fourth-order valence-corrected chi connectivity index (χ4v) is 2.91. The summed E-state index contributed by atoms with van der Waals surface area (Å²) in [5.41, 5.74) is 3.35. The highest BCUT2D eigenvalue weighted by Gasteiger charge is 2.31. The van der Waals surface area contributed by atoms with Crippen LogP contribution in [0.15, 0.2) is 64.3 Å². The van der Waals surface area contributed by atoms with Gasteiger partial charge in [0, 0.05) is 49.2 Å². The van der Waals surface area contributed by atoms with E-state index in [1.807, 2.05) is 27.0 Å². The van der Waals surface area contributed by atoms with Crippen LogP contribution in [0.2, 0.25) is 0 Å². The van der Waals surface area contributed by atoms with Gasteiger partial charge >= 0.3 is 6.36 Å². The Bertz CT molecular complexity index is 900. The molecule has 1 aliphatic rings. The van der Waals surface area contributed by atoms with E-state index in [2.05, 4.69) is 20.4 Å². The molecule has 0 atom stereocenters. The number of allylic oxidation sites excluding steroid dienone is 4. The summed E-state index contributed by atoms with van der Waals surface area (Å²) in [5.74, 6) is -0.386. The molecule has 0 bridgehead atoms. The highest BCUT2D eigenvalue weighted by Crippen LogP contribution is 2.25. The minimum atomic E-state index is -4.73. The van der Waals surface area contributed by atoms with Crippen molar-refractivity contribution >= 4 is 17.3 Å². The molecule has 2 N–H and O–H groups in total. The van der Waals surface area contributed by atoms with Gasteiger partial charge in [0.2, 0.25) is 0 Å². The van der Waals surface area contributed by atoms with Gasteiger partial charge in [-0.25, -0.2) is 0 Å². The number of carbonyl (C=O) groups is 1. The molecule has 31 heavy (non-hydrogen) atoms. The molecule has 1 aromatic carbocycles. The number of nitrogens with one attached hydrogen (secondary N) is 2. The van der Waals surface area contributed by atoms with Crippen molar-refractivity contribution in [1.29, 1.82) is 0 Å². The van der Waals surface area contributed by atoms with E-state index in [9.17, 15) is 18.0 Å². The highest BCUT2D eigenvalue weighted by atomic mass is 19.4. The Balaban J connectivity index is 2.19. The van der Waals surface area contributed by atoms with Gasteiger partial charge in [0.25, 0.3) is 5.91 Å². The van der Waals surface area contributed by atoms with Crippen LogP contribution in [0.5, 0.6) is 5.75 Å². The van der Waals surface area contributed by atoms with Crippen molar-refractivity contribution in [3.63, 3.8) is 0 Å². The number of halogens is 3. The molecule has 0 unspecified atom stereocenters. The molecule has 0 aromatic heterocycles. The van der Waals surface area contributed by atoms with Crippen molar-refractivity contribution in [2.75, 3.05) is 39.0 Å². The number of benzene rings is 1. The first-order chi connectivity index (χ1) is 14.6. The topological polar surface area (TPSA) is 66.0 Å². The molecule has 168 valence electrons. The molecule has 0 fully saturated rings. The smallest absolute Gasteiger partial charge is 0.406 e. The number of carbonyl (C=O) groups excluding carboxylic acids is 1. The summed E-state index contributed by atoms with van der Waals surface area (Å²) in [6, 6.07) is 5.47. The van der Waals surface area contributed by atoms with Crippen LogP contribution in [-0.2, 0) is 4.79 Å². The van der Waals surface area contributed by atoms with Gasteiger partial charge in [-0.1, -0.05) is 6.08 Å². The first kappa shape index (κ1) is 24.2. The van der Waals surface area contributed by atoms with E-state index in [1.54, 1.807) is 24.1 Å². The van der Waals surface area contributed by atoms with Gasteiger partial charge in [0.1, 0.15) is 5.75 Å². The number of likely N-dealkylation sites (N-methyl/N-ethyl adjacent to an activating group) is 2. The lowest BCUT2D eigenvalue weighted by atomic mass is 9.97. The van der Waals surface area contributed by atoms with E-state index in [4.69, 9.17) is 0 Å². The number of nitrogens with zero attached hydrogens (tertiary/aromatic N) is 2. The molecule has 6 nitrogen and oxygen atoms in total. The predicted molar refractivity (Wildman–Crippen MR) is 116 cm³/mol. The molecule has 0 aliphatic heterocycles. The third-order valence-electron chi connectivity index (χ3n) is 4.44. The van der Waals surface area contributed by atoms with Crippen molar-refractivity contribution < 1.29 is 22.7 Å². The number of alkyl halides is 3. The molecule has 0 radical (unpaired) electrons. The first-order valence-electron chi connectivity index (χ1n) is 9.83. The Morgan fingerprint density at radius 2 is 1.87 bits per heavy atom. The fraction of sp³-hybridized carbons (Fsp3) is 0.364. The van der Waals surface area contributed by atoms with Crippen LogP contribution in [0, 0.1) is 0 Å². The number of ether oxygens (including phenoxy) is 1. The zero-order valence-corrected chi connectivity index (χ0v) is 18.0. The highest BCUT2D eigenvalue weighted by molar-refractivity contribution is 6.17. The zero-order chi connectivity index (χ0) is 23.0. The molecule has 2 rings (SSSR count). The molecular formula is C22H27F3N4O2. The number of hydrogen-bond donors (Lipinski definition) is 2. The van der Waals surface area contributed by atoms with Crippen molar-refractivity contribution in [1.82, 2.24) is 10.2 Å². The lowest BCUT2D eigenvalue weighted by molar-refractivity contribution is -0.274.